The molecule has 0 bridgehead atoms. The lowest BCUT2D eigenvalue weighted by molar-refractivity contribution is -0.121. The van der Waals surface area contributed by atoms with Crippen LogP contribution in [0.1, 0.15) is 11.3 Å². The summed E-state index contributed by atoms with van der Waals surface area (Å²) in [6.45, 7) is 9.05. The highest BCUT2D eigenvalue weighted by Crippen LogP contribution is 2.30. The molecule has 29 heavy (non-hydrogen) atoms. The second-order valence-corrected chi connectivity index (χ2v) is 7.47. The van der Waals surface area contributed by atoms with Crippen molar-refractivity contribution < 1.29 is 9.53 Å². The first kappa shape index (κ1) is 19.5. The van der Waals surface area contributed by atoms with Gasteiger partial charge in [0.05, 0.1) is 18.9 Å². The number of benzene rings is 1. The zero-order valence-corrected chi connectivity index (χ0v) is 17.0. The van der Waals surface area contributed by atoms with E-state index in [1.807, 2.05) is 13.0 Å². The lowest BCUT2D eigenvalue weighted by Crippen LogP contribution is -2.41. The van der Waals surface area contributed by atoms with Gasteiger partial charge in [0.1, 0.15) is 6.54 Å². The van der Waals surface area contributed by atoms with Gasteiger partial charge in [-0.2, -0.15) is 5.10 Å². The molecule has 1 aliphatic rings. The standard InChI is InChI=1S/C22H27N5O2/c1-16-4-3-5-18(14-16)19-6-7-24-22-21(19)17(2)25-27(22)15-20(28)23-8-9-26-10-12-29-13-11-26/h3-7,14H,8-13,15H2,1-2H3,(H,23,28). The number of amides is 1. The highest BCUT2D eigenvalue weighted by Gasteiger charge is 2.16. The summed E-state index contributed by atoms with van der Waals surface area (Å²) >= 11 is 0. The van der Waals surface area contributed by atoms with Crippen LogP contribution in [-0.4, -0.2) is 65.0 Å². The van der Waals surface area contributed by atoms with Crippen LogP contribution in [0.3, 0.4) is 0 Å². The van der Waals surface area contributed by atoms with E-state index in [4.69, 9.17) is 4.74 Å². The molecule has 1 fully saturated rings. The Bertz CT molecular complexity index is 1010. The number of hydrogen-bond donors (Lipinski definition) is 1. The molecule has 1 amide bonds. The van der Waals surface area contributed by atoms with Crippen LogP contribution in [0.4, 0.5) is 0 Å². The van der Waals surface area contributed by atoms with Crippen molar-refractivity contribution >= 4 is 16.9 Å². The highest BCUT2D eigenvalue weighted by molar-refractivity contribution is 5.95. The number of rotatable bonds is 6. The van der Waals surface area contributed by atoms with E-state index in [-0.39, 0.29) is 12.5 Å². The van der Waals surface area contributed by atoms with E-state index in [0.29, 0.717) is 6.54 Å². The number of carbonyl (C=O) groups excluding carboxylic acids is 1. The molecule has 0 radical (unpaired) electrons. The van der Waals surface area contributed by atoms with E-state index < -0.39 is 0 Å². The Morgan fingerprint density at radius 1 is 1.21 bits per heavy atom. The predicted octanol–water partition coefficient (Wildman–Crippen LogP) is 2.16. The van der Waals surface area contributed by atoms with Crippen molar-refractivity contribution in [2.75, 3.05) is 39.4 Å². The van der Waals surface area contributed by atoms with Gasteiger partial charge in [0.15, 0.2) is 5.65 Å². The van der Waals surface area contributed by atoms with E-state index in [0.717, 1.165) is 60.7 Å². The van der Waals surface area contributed by atoms with Crippen molar-refractivity contribution in [3.63, 3.8) is 0 Å². The van der Waals surface area contributed by atoms with Gasteiger partial charge in [0.25, 0.3) is 0 Å². The summed E-state index contributed by atoms with van der Waals surface area (Å²) < 4.78 is 7.05. The second kappa shape index (κ2) is 8.71. The van der Waals surface area contributed by atoms with Crippen LogP contribution in [0.25, 0.3) is 22.2 Å². The third kappa shape index (κ3) is 4.46. The molecule has 0 aliphatic carbocycles. The first-order valence-corrected chi connectivity index (χ1v) is 10.1. The summed E-state index contributed by atoms with van der Waals surface area (Å²) in [7, 11) is 0. The fraction of sp³-hybridized carbons (Fsp3) is 0.409. The average molecular weight is 393 g/mol. The molecular formula is C22H27N5O2. The monoisotopic (exact) mass is 393 g/mol. The lowest BCUT2D eigenvalue weighted by atomic mass is 10.0. The molecule has 1 aromatic carbocycles. The normalized spacial score (nSPS) is 15.0. The summed E-state index contributed by atoms with van der Waals surface area (Å²) in [6, 6.07) is 10.4. The van der Waals surface area contributed by atoms with Gasteiger partial charge < -0.3 is 10.1 Å². The molecule has 7 nitrogen and oxygen atoms in total. The van der Waals surface area contributed by atoms with Crippen molar-refractivity contribution in [1.82, 2.24) is 25.0 Å². The number of nitrogens with one attached hydrogen (secondary N) is 1. The Morgan fingerprint density at radius 2 is 2.03 bits per heavy atom. The quantitative estimate of drug-likeness (QED) is 0.695. The molecule has 0 atom stereocenters. The Morgan fingerprint density at radius 3 is 2.83 bits per heavy atom. The molecule has 1 aliphatic heterocycles. The lowest BCUT2D eigenvalue weighted by Gasteiger charge is -2.26. The number of hydrogen-bond acceptors (Lipinski definition) is 5. The number of aryl methyl sites for hydroxylation is 2. The Hall–Kier alpha value is -2.77. The average Bonchev–Trinajstić information content (AvgIpc) is 3.04. The third-order valence-corrected chi connectivity index (χ3v) is 5.28. The number of nitrogens with zero attached hydrogens (tertiary/aromatic N) is 4. The maximum Gasteiger partial charge on any atom is 0.241 e. The molecule has 4 rings (SSSR count). The van der Waals surface area contributed by atoms with Gasteiger partial charge in [0, 0.05) is 37.8 Å². The molecule has 7 heteroatoms. The minimum atomic E-state index is -0.0505. The van der Waals surface area contributed by atoms with E-state index >= 15 is 0 Å². The molecule has 1 N–H and O–H groups in total. The summed E-state index contributed by atoms with van der Waals surface area (Å²) in [4.78, 5) is 19.3. The van der Waals surface area contributed by atoms with Crippen molar-refractivity contribution in [3.8, 4) is 11.1 Å². The zero-order chi connectivity index (χ0) is 20.2. The molecular weight excluding hydrogens is 366 g/mol. The SMILES string of the molecule is Cc1cccc(-c2ccnc3c2c(C)nn3CC(=O)NCCN2CCOCC2)c1. The number of aromatic nitrogens is 3. The second-order valence-electron chi connectivity index (χ2n) is 7.47. The zero-order valence-electron chi connectivity index (χ0n) is 17.0. The smallest absolute Gasteiger partial charge is 0.241 e. The third-order valence-electron chi connectivity index (χ3n) is 5.28. The highest BCUT2D eigenvalue weighted by atomic mass is 16.5. The van der Waals surface area contributed by atoms with Gasteiger partial charge in [-0.3, -0.25) is 9.69 Å². The molecule has 0 unspecified atom stereocenters. The largest absolute Gasteiger partial charge is 0.379 e. The van der Waals surface area contributed by atoms with Gasteiger partial charge >= 0.3 is 0 Å². The van der Waals surface area contributed by atoms with Gasteiger partial charge in [-0.05, 0) is 31.0 Å². The van der Waals surface area contributed by atoms with Gasteiger partial charge in [-0.1, -0.05) is 29.8 Å². The van der Waals surface area contributed by atoms with Crippen molar-refractivity contribution in [2.45, 2.75) is 20.4 Å². The van der Waals surface area contributed by atoms with Gasteiger partial charge in [0.2, 0.25) is 5.91 Å². The van der Waals surface area contributed by atoms with Crippen molar-refractivity contribution in [1.29, 1.82) is 0 Å². The minimum absolute atomic E-state index is 0.0505. The summed E-state index contributed by atoms with van der Waals surface area (Å²) in [5.74, 6) is -0.0505. The van der Waals surface area contributed by atoms with Gasteiger partial charge in [-0.15, -0.1) is 0 Å². The first-order chi connectivity index (χ1) is 14.1. The molecule has 0 spiro atoms. The predicted molar refractivity (Wildman–Crippen MR) is 113 cm³/mol. The summed E-state index contributed by atoms with van der Waals surface area (Å²) in [5, 5.41) is 8.60. The van der Waals surface area contributed by atoms with Gasteiger partial charge in [-0.25, -0.2) is 9.67 Å². The number of ether oxygens (including phenoxy) is 1. The molecule has 0 saturated carbocycles. The van der Waals surface area contributed by atoms with Crippen LogP contribution < -0.4 is 5.32 Å². The Balaban J connectivity index is 1.48. The van der Waals surface area contributed by atoms with Crippen LogP contribution in [-0.2, 0) is 16.1 Å². The Kier molecular flexibility index (Phi) is 5.87. The topological polar surface area (TPSA) is 72.3 Å². The van der Waals surface area contributed by atoms with E-state index in [2.05, 4.69) is 51.5 Å². The van der Waals surface area contributed by atoms with Crippen LogP contribution >= 0.6 is 0 Å². The molecule has 3 aromatic rings. The van der Waals surface area contributed by atoms with Crippen molar-refractivity contribution in [3.05, 3.63) is 47.8 Å². The summed E-state index contributed by atoms with van der Waals surface area (Å²) in [6.07, 6.45) is 1.79. The van der Waals surface area contributed by atoms with E-state index in [1.165, 1.54) is 5.56 Å². The number of fused-ring (bicyclic) bond motifs is 1. The maximum atomic E-state index is 12.5. The number of carbonyl (C=O) groups is 1. The van der Waals surface area contributed by atoms with Crippen LogP contribution in [0, 0.1) is 13.8 Å². The fourth-order valence-corrected chi connectivity index (χ4v) is 3.82. The number of pyridine rings is 1. The number of morpholine rings is 1. The minimum Gasteiger partial charge on any atom is -0.379 e. The van der Waals surface area contributed by atoms with Crippen LogP contribution in [0.2, 0.25) is 0 Å². The first-order valence-electron chi connectivity index (χ1n) is 10.1. The van der Waals surface area contributed by atoms with Crippen LogP contribution in [0.5, 0.6) is 0 Å². The maximum absolute atomic E-state index is 12.5. The van der Waals surface area contributed by atoms with Crippen LogP contribution in [0.15, 0.2) is 36.5 Å². The summed E-state index contributed by atoms with van der Waals surface area (Å²) in [5.41, 5.74) is 5.05. The molecule has 3 heterocycles. The Labute approximate surface area is 170 Å². The van der Waals surface area contributed by atoms with E-state index in [1.54, 1.807) is 10.9 Å². The molecule has 152 valence electrons. The molecule has 2 aromatic heterocycles. The van der Waals surface area contributed by atoms with Crippen molar-refractivity contribution in [2.24, 2.45) is 0 Å². The fourth-order valence-electron chi connectivity index (χ4n) is 3.82. The molecule has 1 saturated heterocycles. The van der Waals surface area contributed by atoms with E-state index in [9.17, 15) is 4.79 Å².